The zero-order chi connectivity index (χ0) is 13.7. The van der Waals surface area contributed by atoms with E-state index >= 15 is 0 Å². The smallest absolute Gasteiger partial charge is 0.254 e. The molecule has 4 nitrogen and oxygen atoms in total. The van der Waals surface area contributed by atoms with Crippen LogP contribution >= 0.6 is 0 Å². The van der Waals surface area contributed by atoms with Gasteiger partial charge in [-0.05, 0) is 20.2 Å². The molecule has 0 unspecified atom stereocenters. The van der Waals surface area contributed by atoms with Gasteiger partial charge in [0.2, 0.25) is 0 Å². The van der Waals surface area contributed by atoms with Crippen molar-refractivity contribution in [3.63, 3.8) is 0 Å². The van der Waals surface area contributed by atoms with Crippen LogP contribution in [-0.4, -0.2) is 38.0 Å². The van der Waals surface area contributed by atoms with Crippen LogP contribution < -0.4 is 5.32 Å². The second-order valence-electron chi connectivity index (χ2n) is 4.62. The van der Waals surface area contributed by atoms with Crippen LogP contribution in [0.5, 0.6) is 0 Å². The monoisotopic (exact) mass is 258 g/mol. The van der Waals surface area contributed by atoms with Crippen molar-refractivity contribution in [2.75, 3.05) is 27.2 Å². The first-order valence-corrected chi connectivity index (χ1v) is 6.23. The summed E-state index contributed by atoms with van der Waals surface area (Å²) in [5.41, 5.74) is 1.52. The predicted octanol–water partition coefficient (Wildman–Crippen LogP) is 2.24. The van der Waals surface area contributed by atoms with Crippen molar-refractivity contribution in [2.45, 2.75) is 0 Å². The van der Waals surface area contributed by atoms with E-state index in [9.17, 15) is 4.79 Å². The van der Waals surface area contributed by atoms with Crippen LogP contribution in [0.15, 0.2) is 47.1 Å². The molecule has 0 saturated heterocycles. The Labute approximate surface area is 113 Å². The fraction of sp³-hybridized carbons (Fsp3) is 0.267. The number of nitrogens with one attached hydrogen (secondary N) is 1. The summed E-state index contributed by atoms with van der Waals surface area (Å²) in [5, 5.41) is 2.85. The molecule has 2 aromatic rings. The lowest BCUT2D eigenvalue weighted by atomic mass is 10.1. The van der Waals surface area contributed by atoms with Gasteiger partial charge in [-0.25, -0.2) is 0 Å². The largest absolute Gasteiger partial charge is 0.464 e. The van der Waals surface area contributed by atoms with E-state index in [1.807, 2.05) is 49.3 Å². The Kier molecular flexibility index (Phi) is 4.36. The number of carbonyl (C=O) groups is 1. The van der Waals surface area contributed by atoms with E-state index in [2.05, 4.69) is 5.32 Å². The van der Waals surface area contributed by atoms with E-state index in [0.29, 0.717) is 17.9 Å². The van der Waals surface area contributed by atoms with Gasteiger partial charge >= 0.3 is 0 Å². The van der Waals surface area contributed by atoms with Gasteiger partial charge in [0.1, 0.15) is 12.0 Å². The summed E-state index contributed by atoms with van der Waals surface area (Å²) >= 11 is 0. The Hall–Kier alpha value is -2.07. The van der Waals surface area contributed by atoms with Crippen LogP contribution in [0.3, 0.4) is 0 Å². The molecule has 1 heterocycles. The lowest BCUT2D eigenvalue weighted by molar-refractivity contribution is 0.0950. The average molecular weight is 258 g/mol. The van der Waals surface area contributed by atoms with Gasteiger partial charge in [-0.1, -0.05) is 30.3 Å². The Morgan fingerprint density at radius 1 is 1.26 bits per heavy atom. The van der Waals surface area contributed by atoms with Crippen molar-refractivity contribution in [1.82, 2.24) is 10.2 Å². The summed E-state index contributed by atoms with van der Waals surface area (Å²) < 4.78 is 5.43. The van der Waals surface area contributed by atoms with Gasteiger partial charge in [0.15, 0.2) is 0 Å². The molecule has 1 N–H and O–H groups in total. The van der Waals surface area contributed by atoms with Crippen molar-refractivity contribution < 1.29 is 9.21 Å². The van der Waals surface area contributed by atoms with E-state index in [1.165, 1.54) is 6.26 Å². The number of likely N-dealkylation sites (N-methyl/N-ethyl adjacent to an activating group) is 1. The maximum atomic E-state index is 11.9. The molecule has 2 rings (SSSR count). The molecule has 0 saturated carbocycles. The molecule has 0 aliphatic rings. The highest BCUT2D eigenvalue weighted by atomic mass is 16.3. The van der Waals surface area contributed by atoms with Crippen molar-refractivity contribution in [2.24, 2.45) is 0 Å². The molecule has 0 fully saturated rings. The minimum Gasteiger partial charge on any atom is -0.464 e. The Morgan fingerprint density at radius 2 is 2.00 bits per heavy atom. The maximum absolute atomic E-state index is 11.9. The maximum Gasteiger partial charge on any atom is 0.254 e. The molecule has 1 aromatic carbocycles. The molecule has 19 heavy (non-hydrogen) atoms. The third-order valence-corrected chi connectivity index (χ3v) is 2.76. The zero-order valence-corrected chi connectivity index (χ0v) is 11.2. The van der Waals surface area contributed by atoms with E-state index in [0.717, 1.165) is 12.1 Å². The van der Waals surface area contributed by atoms with Crippen LogP contribution in [0.1, 0.15) is 10.4 Å². The van der Waals surface area contributed by atoms with Crippen LogP contribution in [0.25, 0.3) is 11.3 Å². The van der Waals surface area contributed by atoms with Crippen molar-refractivity contribution in [3.05, 3.63) is 48.2 Å². The van der Waals surface area contributed by atoms with Crippen LogP contribution in [0.2, 0.25) is 0 Å². The topological polar surface area (TPSA) is 45.5 Å². The predicted molar refractivity (Wildman–Crippen MR) is 75.0 cm³/mol. The summed E-state index contributed by atoms with van der Waals surface area (Å²) in [6.07, 6.45) is 1.49. The summed E-state index contributed by atoms with van der Waals surface area (Å²) in [6.45, 7) is 1.44. The van der Waals surface area contributed by atoms with Gasteiger partial charge in [0.25, 0.3) is 5.91 Å². The van der Waals surface area contributed by atoms with Crippen molar-refractivity contribution in [1.29, 1.82) is 0 Å². The number of nitrogens with zero attached hydrogens (tertiary/aromatic N) is 1. The highest BCUT2D eigenvalue weighted by molar-refractivity contribution is 5.94. The number of hydrogen-bond acceptors (Lipinski definition) is 3. The van der Waals surface area contributed by atoms with E-state index in [1.54, 1.807) is 6.07 Å². The van der Waals surface area contributed by atoms with Crippen LogP contribution in [0.4, 0.5) is 0 Å². The minimum atomic E-state index is -0.104. The molecule has 1 aromatic heterocycles. The summed E-state index contributed by atoms with van der Waals surface area (Å²) in [7, 11) is 3.94. The molecular formula is C15H18N2O2. The number of amides is 1. The third-order valence-electron chi connectivity index (χ3n) is 2.76. The van der Waals surface area contributed by atoms with Crippen molar-refractivity contribution >= 4 is 5.91 Å². The zero-order valence-electron chi connectivity index (χ0n) is 11.2. The number of carbonyl (C=O) groups excluding carboxylic acids is 1. The van der Waals surface area contributed by atoms with E-state index in [4.69, 9.17) is 4.42 Å². The SMILES string of the molecule is CN(C)CCNC(=O)c1coc(-c2ccccc2)c1. The number of rotatable bonds is 5. The van der Waals surface area contributed by atoms with Gasteiger partial charge in [-0.2, -0.15) is 0 Å². The average Bonchev–Trinajstić information content (AvgIpc) is 2.89. The molecule has 0 spiro atoms. The number of benzene rings is 1. The molecule has 100 valence electrons. The fourth-order valence-electron chi connectivity index (χ4n) is 1.70. The summed E-state index contributed by atoms with van der Waals surface area (Å²) in [5.74, 6) is 0.603. The Balaban J connectivity index is 1.99. The first-order chi connectivity index (χ1) is 9.16. The normalized spacial score (nSPS) is 10.7. The summed E-state index contributed by atoms with van der Waals surface area (Å²) in [4.78, 5) is 13.9. The van der Waals surface area contributed by atoms with Gasteiger partial charge < -0.3 is 14.6 Å². The molecule has 0 aliphatic heterocycles. The third kappa shape index (κ3) is 3.69. The second kappa shape index (κ2) is 6.20. The van der Waals surface area contributed by atoms with Gasteiger partial charge in [-0.15, -0.1) is 0 Å². The quantitative estimate of drug-likeness (QED) is 0.894. The van der Waals surface area contributed by atoms with Gasteiger partial charge in [0, 0.05) is 18.7 Å². The van der Waals surface area contributed by atoms with Gasteiger partial charge in [0.05, 0.1) is 5.56 Å². The van der Waals surface area contributed by atoms with E-state index < -0.39 is 0 Å². The number of hydrogen-bond donors (Lipinski definition) is 1. The van der Waals surface area contributed by atoms with Crippen LogP contribution in [0, 0.1) is 0 Å². The molecule has 0 radical (unpaired) electrons. The molecule has 0 bridgehead atoms. The summed E-state index contributed by atoms with van der Waals surface area (Å²) in [6, 6.07) is 11.5. The standard InChI is InChI=1S/C15H18N2O2/c1-17(2)9-8-16-15(18)13-10-14(19-11-13)12-6-4-3-5-7-12/h3-7,10-11H,8-9H2,1-2H3,(H,16,18). The molecular weight excluding hydrogens is 240 g/mol. The first kappa shape index (κ1) is 13.4. The molecule has 4 heteroatoms. The second-order valence-corrected chi connectivity index (χ2v) is 4.62. The first-order valence-electron chi connectivity index (χ1n) is 6.23. The minimum absolute atomic E-state index is 0.104. The van der Waals surface area contributed by atoms with E-state index in [-0.39, 0.29) is 5.91 Å². The molecule has 0 atom stereocenters. The molecule has 0 aliphatic carbocycles. The lowest BCUT2D eigenvalue weighted by Crippen LogP contribution is -2.31. The van der Waals surface area contributed by atoms with Crippen molar-refractivity contribution in [3.8, 4) is 11.3 Å². The highest BCUT2D eigenvalue weighted by Crippen LogP contribution is 2.21. The van der Waals surface area contributed by atoms with Gasteiger partial charge in [-0.3, -0.25) is 4.79 Å². The fourth-order valence-corrected chi connectivity index (χ4v) is 1.70. The van der Waals surface area contributed by atoms with Crippen LogP contribution in [-0.2, 0) is 0 Å². The number of furan rings is 1. The lowest BCUT2D eigenvalue weighted by Gasteiger charge is -2.09. The Bertz CT molecular complexity index is 532. The highest BCUT2D eigenvalue weighted by Gasteiger charge is 2.10. The molecule has 1 amide bonds. The Morgan fingerprint density at radius 3 is 2.68 bits per heavy atom.